The normalized spacial score (nSPS) is 11.2. The third kappa shape index (κ3) is 3.51. The quantitative estimate of drug-likeness (QED) is 0.874. The highest BCUT2D eigenvalue weighted by molar-refractivity contribution is 6.34. The molecule has 0 radical (unpaired) electrons. The second kappa shape index (κ2) is 6.69. The molecule has 0 atom stereocenters. The molecular formula is C15H19Cl2N3O. The van der Waals surface area contributed by atoms with Crippen molar-refractivity contribution in [2.75, 3.05) is 0 Å². The minimum Gasteiger partial charge on any atom is -0.439 e. The number of hydrogen-bond acceptors (Lipinski definition) is 3. The number of halogens is 2. The van der Waals surface area contributed by atoms with E-state index in [9.17, 15) is 0 Å². The number of hydrogen-bond donors (Lipinski definition) is 1. The molecule has 1 aromatic carbocycles. The number of rotatable bonds is 5. The first-order chi connectivity index (χ1) is 9.96. The minimum atomic E-state index is 0.167. The van der Waals surface area contributed by atoms with Crippen LogP contribution in [0.4, 0.5) is 0 Å². The third-order valence-corrected chi connectivity index (χ3v) is 3.57. The van der Waals surface area contributed by atoms with Crippen LogP contribution >= 0.6 is 23.2 Å². The van der Waals surface area contributed by atoms with Gasteiger partial charge in [-0.25, -0.2) is 4.68 Å². The lowest BCUT2D eigenvalue weighted by molar-refractivity contribution is 0.385. The van der Waals surface area contributed by atoms with Crippen molar-refractivity contribution in [2.24, 2.45) is 5.73 Å². The molecule has 0 aliphatic rings. The summed E-state index contributed by atoms with van der Waals surface area (Å²) in [6, 6.07) is 5.29. The molecule has 0 amide bonds. The Balaban J connectivity index is 2.48. The number of nitrogens with zero attached hydrogens (tertiary/aromatic N) is 2. The first-order valence-electron chi connectivity index (χ1n) is 6.90. The van der Waals surface area contributed by atoms with E-state index < -0.39 is 0 Å². The maximum absolute atomic E-state index is 6.02. The fraction of sp³-hybridized carbons (Fsp3) is 0.400. The molecular weight excluding hydrogens is 309 g/mol. The lowest BCUT2D eigenvalue weighted by Gasteiger charge is -2.13. The van der Waals surface area contributed by atoms with E-state index in [-0.39, 0.29) is 6.04 Å². The Morgan fingerprint density at radius 3 is 2.33 bits per heavy atom. The summed E-state index contributed by atoms with van der Waals surface area (Å²) < 4.78 is 7.86. The zero-order valence-electron chi connectivity index (χ0n) is 12.4. The van der Waals surface area contributed by atoms with E-state index in [1.54, 1.807) is 18.2 Å². The molecule has 21 heavy (non-hydrogen) atoms. The Morgan fingerprint density at radius 1 is 1.24 bits per heavy atom. The summed E-state index contributed by atoms with van der Waals surface area (Å²) in [5.41, 5.74) is 7.65. The molecule has 114 valence electrons. The number of nitrogens with two attached hydrogens (primary N) is 1. The summed E-state index contributed by atoms with van der Waals surface area (Å²) in [5.74, 6) is 1.29. The van der Waals surface area contributed by atoms with Crippen LogP contribution in [0.15, 0.2) is 18.2 Å². The molecule has 0 bridgehead atoms. The largest absolute Gasteiger partial charge is 0.439 e. The fourth-order valence-corrected chi connectivity index (χ4v) is 2.68. The highest BCUT2D eigenvalue weighted by Crippen LogP contribution is 2.33. The van der Waals surface area contributed by atoms with Crippen molar-refractivity contribution >= 4 is 23.2 Å². The molecule has 0 unspecified atom stereocenters. The first-order valence-corrected chi connectivity index (χ1v) is 7.66. The molecule has 4 nitrogen and oxygen atoms in total. The van der Waals surface area contributed by atoms with E-state index in [1.807, 2.05) is 18.5 Å². The Morgan fingerprint density at radius 2 is 1.86 bits per heavy atom. The van der Waals surface area contributed by atoms with Crippen molar-refractivity contribution in [3.63, 3.8) is 0 Å². The van der Waals surface area contributed by atoms with Crippen LogP contribution in [0, 0.1) is 0 Å². The van der Waals surface area contributed by atoms with Gasteiger partial charge in [0.2, 0.25) is 5.88 Å². The summed E-state index contributed by atoms with van der Waals surface area (Å²) in [7, 11) is 0. The fourth-order valence-electron chi connectivity index (χ4n) is 2.17. The van der Waals surface area contributed by atoms with Crippen molar-refractivity contribution in [1.82, 2.24) is 9.78 Å². The summed E-state index contributed by atoms with van der Waals surface area (Å²) in [6.45, 7) is 6.53. The van der Waals surface area contributed by atoms with Crippen LogP contribution in [0.5, 0.6) is 11.6 Å². The maximum atomic E-state index is 6.02. The Labute approximate surface area is 134 Å². The van der Waals surface area contributed by atoms with Gasteiger partial charge in [-0.3, -0.25) is 0 Å². The van der Waals surface area contributed by atoms with Gasteiger partial charge in [0.05, 0.1) is 11.7 Å². The van der Waals surface area contributed by atoms with Crippen molar-refractivity contribution in [1.29, 1.82) is 0 Å². The molecule has 0 fully saturated rings. The summed E-state index contributed by atoms with van der Waals surface area (Å²) >= 11 is 12.0. The molecule has 0 aliphatic carbocycles. The molecule has 6 heteroatoms. The van der Waals surface area contributed by atoms with Gasteiger partial charge in [0.25, 0.3) is 0 Å². The SMILES string of the molecule is CCc1c(CN)nn(C(C)C)c1Oc1cc(Cl)cc(Cl)c1. The van der Waals surface area contributed by atoms with Gasteiger partial charge in [0, 0.05) is 22.2 Å². The molecule has 0 saturated carbocycles. The third-order valence-electron chi connectivity index (χ3n) is 3.13. The van der Waals surface area contributed by atoms with Crippen LogP contribution in [-0.2, 0) is 13.0 Å². The van der Waals surface area contributed by atoms with Crippen LogP contribution in [0.2, 0.25) is 10.0 Å². The molecule has 1 heterocycles. The van der Waals surface area contributed by atoms with Crippen LogP contribution in [0.25, 0.3) is 0 Å². The highest BCUT2D eigenvalue weighted by atomic mass is 35.5. The van der Waals surface area contributed by atoms with Gasteiger partial charge >= 0.3 is 0 Å². The Bertz CT molecular complexity index is 618. The van der Waals surface area contributed by atoms with Gasteiger partial charge in [-0.05, 0) is 38.5 Å². The Hall–Kier alpha value is -1.23. The molecule has 2 aromatic rings. The van der Waals surface area contributed by atoms with Gasteiger partial charge in [0.1, 0.15) is 5.75 Å². The standard InChI is InChI=1S/C15H19Cl2N3O/c1-4-13-14(8-18)19-20(9(2)3)15(13)21-12-6-10(16)5-11(17)7-12/h5-7,9H,4,8,18H2,1-3H3. The number of benzene rings is 1. The van der Waals surface area contributed by atoms with E-state index in [2.05, 4.69) is 12.0 Å². The molecule has 2 N–H and O–H groups in total. The van der Waals surface area contributed by atoms with Gasteiger partial charge in [-0.2, -0.15) is 5.10 Å². The summed E-state index contributed by atoms with van der Waals surface area (Å²) in [4.78, 5) is 0. The zero-order valence-corrected chi connectivity index (χ0v) is 13.9. The highest BCUT2D eigenvalue weighted by Gasteiger charge is 2.19. The molecule has 0 saturated heterocycles. The van der Waals surface area contributed by atoms with Crippen LogP contribution in [-0.4, -0.2) is 9.78 Å². The van der Waals surface area contributed by atoms with E-state index in [0.29, 0.717) is 28.2 Å². The van der Waals surface area contributed by atoms with E-state index in [0.717, 1.165) is 17.7 Å². The average molecular weight is 328 g/mol. The molecule has 0 aliphatic heterocycles. The predicted molar refractivity (Wildman–Crippen MR) is 86.4 cm³/mol. The van der Waals surface area contributed by atoms with Gasteiger partial charge in [0.15, 0.2) is 0 Å². The smallest absolute Gasteiger partial charge is 0.221 e. The topological polar surface area (TPSA) is 53.1 Å². The minimum absolute atomic E-state index is 0.167. The molecule has 2 rings (SSSR count). The molecule has 1 aromatic heterocycles. The second-order valence-corrected chi connectivity index (χ2v) is 5.91. The number of aromatic nitrogens is 2. The van der Waals surface area contributed by atoms with Gasteiger partial charge in [-0.1, -0.05) is 30.1 Å². The monoisotopic (exact) mass is 327 g/mol. The van der Waals surface area contributed by atoms with Crippen LogP contribution < -0.4 is 10.5 Å². The molecule has 0 spiro atoms. The van der Waals surface area contributed by atoms with Crippen molar-refractivity contribution in [3.8, 4) is 11.6 Å². The van der Waals surface area contributed by atoms with Crippen molar-refractivity contribution in [3.05, 3.63) is 39.5 Å². The summed E-state index contributed by atoms with van der Waals surface area (Å²) in [5, 5.41) is 5.61. The first kappa shape index (κ1) is 16.1. The van der Waals surface area contributed by atoms with Gasteiger partial charge in [-0.15, -0.1) is 0 Å². The summed E-state index contributed by atoms with van der Waals surface area (Å²) in [6.07, 6.45) is 0.795. The van der Waals surface area contributed by atoms with Gasteiger partial charge < -0.3 is 10.5 Å². The maximum Gasteiger partial charge on any atom is 0.221 e. The lowest BCUT2D eigenvalue weighted by atomic mass is 10.2. The van der Waals surface area contributed by atoms with Crippen LogP contribution in [0.1, 0.15) is 38.1 Å². The van der Waals surface area contributed by atoms with E-state index in [1.165, 1.54) is 0 Å². The second-order valence-electron chi connectivity index (χ2n) is 5.03. The lowest BCUT2D eigenvalue weighted by Crippen LogP contribution is -2.06. The average Bonchev–Trinajstić information content (AvgIpc) is 2.75. The van der Waals surface area contributed by atoms with Crippen molar-refractivity contribution in [2.45, 2.75) is 39.8 Å². The van der Waals surface area contributed by atoms with E-state index >= 15 is 0 Å². The Kier molecular flexibility index (Phi) is 5.14. The zero-order chi connectivity index (χ0) is 15.6. The number of ether oxygens (including phenoxy) is 1. The van der Waals surface area contributed by atoms with Crippen LogP contribution in [0.3, 0.4) is 0 Å². The van der Waals surface area contributed by atoms with Crippen molar-refractivity contribution < 1.29 is 4.74 Å². The predicted octanol–water partition coefficient (Wildman–Crippen LogP) is 4.58. The van der Waals surface area contributed by atoms with E-state index in [4.69, 9.17) is 33.7 Å².